The summed E-state index contributed by atoms with van der Waals surface area (Å²) in [4.78, 5) is 0. The molecule has 0 fully saturated rings. The number of halogens is 2. The van der Waals surface area contributed by atoms with Gasteiger partial charge in [-0.25, -0.2) is 4.39 Å². The molecule has 0 saturated carbocycles. The van der Waals surface area contributed by atoms with Crippen LogP contribution in [0.25, 0.3) is 0 Å². The van der Waals surface area contributed by atoms with E-state index in [4.69, 9.17) is 18.0 Å². The Labute approximate surface area is 94.6 Å². The normalized spacial score (nSPS) is 9.93. The molecule has 0 saturated heterocycles. The van der Waals surface area contributed by atoms with E-state index in [-0.39, 0.29) is 10.8 Å². The van der Waals surface area contributed by atoms with Crippen molar-refractivity contribution in [2.24, 2.45) is 0 Å². The monoisotopic (exact) mass is 225 g/mol. The molecule has 1 N–H and O–H groups in total. The highest BCUT2D eigenvalue weighted by atomic mass is 35.5. The number of terminal acetylenes is 1. The van der Waals surface area contributed by atoms with E-state index in [2.05, 4.69) is 11.2 Å². The molecule has 0 bridgehead atoms. The number of benzene rings is 1. The Hall–Kier alpha value is -1.04. The first-order valence-electron chi connectivity index (χ1n) is 4.82. The zero-order chi connectivity index (χ0) is 11.1. The molecular weight excluding hydrogens is 213 g/mol. The van der Waals surface area contributed by atoms with Crippen LogP contribution in [-0.2, 0) is 6.54 Å². The van der Waals surface area contributed by atoms with Crippen molar-refractivity contribution in [2.45, 2.75) is 19.4 Å². The average molecular weight is 226 g/mol. The quantitative estimate of drug-likeness (QED) is 0.600. The fraction of sp³-hybridized carbons (Fsp3) is 0.333. The van der Waals surface area contributed by atoms with E-state index in [1.54, 1.807) is 12.1 Å². The first-order valence-corrected chi connectivity index (χ1v) is 5.20. The molecule has 0 aromatic heterocycles. The summed E-state index contributed by atoms with van der Waals surface area (Å²) in [6.07, 6.45) is 6.85. The van der Waals surface area contributed by atoms with Crippen molar-refractivity contribution in [3.8, 4) is 12.3 Å². The maximum Gasteiger partial charge on any atom is 0.141 e. The van der Waals surface area contributed by atoms with Crippen molar-refractivity contribution in [1.82, 2.24) is 5.32 Å². The molecule has 0 heterocycles. The summed E-state index contributed by atoms with van der Waals surface area (Å²) in [5.41, 5.74) is 0.974. The van der Waals surface area contributed by atoms with Crippen molar-refractivity contribution in [3.05, 3.63) is 34.6 Å². The van der Waals surface area contributed by atoms with E-state index < -0.39 is 0 Å². The fourth-order valence-corrected chi connectivity index (χ4v) is 1.40. The van der Waals surface area contributed by atoms with E-state index >= 15 is 0 Å². The number of unbranched alkanes of at least 4 members (excludes halogenated alkanes) is 1. The molecular formula is C12H13ClFN. The first kappa shape index (κ1) is 12.0. The Balaban J connectivity index is 2.32. The number of rotatable bonds is 5. The van der Waals surface area contributed by atoms with Crippen molar-refractivity contribution in [2.75, 3.05) is 6.54 Å². The van der Waals surface area contributed by atoms with Gasteiger partial charge >= 0.3 is 0 Å². The fourth-order valence-electron chi connectivity index (χ4n) is 1.20. The Bertz CT molecular complexity index is 357. The molecule has 0 aliphatic carbocycles. The van der Waals surface area contributed by atoms with Crippen LogP contribution in [0, 0.1) is 18.2 Å². The van der Waals surface area contributed by atoms with Gasteiger partial charge in [0.1, 0.15) is 5.82 Å². The van der Waals surface area contributed by atoms with Crippen LogP contribution in [0.15, 0.2) is 18.2 Å². The third-order valence-electron chi connectivity index (χ3n) is 1.99. The van der Waals surface area contributed by atoms with Crippen molar-refractivity contribution >= 4 is 11.6 Å². The minimum atomic E-state index is -0.382. The van der Waals surface area contributed by atoms with Crippen LogP contribution in [0.3, 0.4) is 0 Å². The third kappa shape index (κ3) is 4.33. The van der Waals surface area contributed by atoms with Crippen molar-refractivity contribution in [1.29, 1.82) is 0 Å². The minimum absolute atomic E-state index is 0.165. The van der Waals surface area contributed by atoms with Gasteiger partial charge in [0.2, 0.25) is 0 Å². The lowest BCUT2D eigenvalue weighted by Crippen LogP contribution is -2.14. The van der Waals surface area contributed by atoms with Crippen molar-refractivity contribution in [3.63, 3.8) is 0 Å². The van der Waals surface area contributed by atoms with Crippen LogP contribution in [0.1, 0.15) is 18.4 Å². The Morgan fingerprint density at radius 2 is 2.27 bits per heavy atom. The average Bonchev–Trinajstić information content (AvgIpc) is 2.23. The molecule has 1 rings (SSSR count). The van der Waals surface area contributed by atoms with Crippen LogP contribution in [0.2, 0.25) is 5.02 Å². The van der Waals surface area contributed by atoms with Crippen LogP contribution in [0.5, 0.6) is 0 Å². The standard InChI is InChI=1S/C12H13ClFN/c1-2-3-4-7-15-9-10-5-6-12(14)11(13)8-10/h1,5-6,8,15H,3-4,7,9H2. The number of nitrogens with one attached hydrogen (secondary N) is 1. The molecule has 1 nitrogen and oxygen atoms in total. The smallest absolute Gasteiger partial charge is 0.141 e. The molecule has 1 aromatic carbocycles. The zero-order valence-corrected chi connectivity index (χ0v) is 9.15. The van der Waals surface area contributed by atoms with Gasteiger partial charge in [0.25, 0.3) is 0 Å². The Morgan fingerprint density at radius 3 is 2.93 bits per heavy atom. The topological polar surface area (TPSA) is 12.0 Å². The van der Waals surface area contributed by atoms with Crippen LogP contribution in [0.4, 0.5) is 4.39 Å². The molecule has 0 radical (unpaired) electrons. The van der Waals surface area contributed by atoms with Crippen LogP contribution >= 0.6 is 11.6 Å². The van der Waals surface area contributed by atoms with Gasteiger partial charge in [0.15, 0.2) is 0 Å². The van der Waals surface area contributed by atoms with Gasteiger partial charge in [-0.1, -0.05) is 17.7 Å². The molecule has 15 heavy (non-hydrogen) atoms. The van der Waals surface area contributed by atoms with E-state index in [0.29, 0.717) is 6.54 Å². The second-order valence-electron chi connectivity index (χ2n) is 3.23. The molecule has 0 unspecified atom stereocenters. The van der Waals surface area contributed by atoms with Gasteiger partial charge < -0.3 is 5.32 Å². The van der Waals surface area contributed by atoms with Gasteiger partial charge in [0, 0.05) is 13.0 Å². The second-order valence-corrected chi connectivity index (χ2v) is 3.64. The van der Waals surface area contributed by atoms with Gasteiger partial charge in [-0.3, -0.25) is 0 Å². The molecule has 0 amide bonds. The molecule has 3 heteroatoms. The van der Waals surface area contributed by atoms with Crippen LogP contribution in [-0.4, -0.2) is 6.54 Å². The van der Waals surface area contributed by atoms with Gasteiger partial charge in [-0.05, 0) is 30.7 Å². The zero-order valence-electron chi connectivity index (χ0n) is 8.39. The Morgan fingerprint density at radius 1 is 1.47 bits per heavy atom. The van der Waals surface area contributed by atoms with E-state index in [0.717, 1.165) is 24.9 Å². The summed E-state index contributed by atoms with van der Waals surface area (Å²) >= 11 is 5.65. The molecule has 0 aliphatic heterocycles. The number of hydrogen-bond donors (Lipinski definition) is 1. The lowest BCUT2D eigenvalue weighted by atomic mass is 10.2. The highest BCUT2D eigenvalue weighted by Gasteiger charge is 1.99. The van der Waals surface area contributed by atoms with E-state index in [1.165, 1.54) is 6.07 Å². The van der Waals surface area contributed by atoms with Gasteiger partial charge in [-0.15, -0.1) is 12.3 Å². The highest BCUT2D eigenvalue weighted by molar-refractivity contribution is 6.30. The third-order valence-corrected chi connectivity index (χ3v) is 2.28. The number of hydrogen-bond acceptors (Lipinski definition) is 1. The lowest BCUT2D eigenvalue weighted by molar-refractivity contribution is 0.624. The van der Waals surface area contributed by atoms with Gasteiger partial charge in [-0.2, -0.15) is 0 Å². The first-order chi connectivity index (χ1) is 7.24. The predicted molar refractivity (Wildman–Crippen MR) is 61.2 cm³/mol. The van der Waals surface area contributed by atoms with Crippen molar-refractivity contribution < 1.29 is 4.39 Å². The Kier molecular flexibility index (Phi) is 5.17. The summed E-state index contributed by atoms with van der Waals surface area (Å²) in [6, 6.07) is 4.72. The summed E-state index contributed by atoms with van der Waals surface area (Å²) in [5, 5.41) is 3.37. The largest absolute Gasteiger partial charge is 0.313 e. The summed E-state index contributed by atoms with van der Waals surface area (Å²) in [6.45, 7) is 1.55. The summed E-state index contributed by atoms with van der Waals surface area (Å²) < 4.78 is 12.8. The molecule has 0 spiro atoms. The molecule has 0 aliphatic rings. The van der Waals surface area contributed by atoms with E-state index in [1.807, 2.05) is 0 Å². The van der Waals surface area contributed by atoms with Gasteiger partial charge in [0.05, 0.1) is 5.02 Å². The highest BCUT2D eigenvalue weighted by Crippen LogP contribution is 2.15. The SMILES string of the molecule is C#CCCCNCc1ccc(F)c(Cl)c1. The second kappa shape index (κ2) is 6.44. The lowest BCUT2D eigenvalue weighted by Gasteiger charge is -2.04. The molecule has 80 valence electrons. The summed E-state index contributed by atoms with van der Waals surface area (Å²) in [7, 11) is 0. The maximum absolute atomic E-state index is 12.8. The maximum atomic E-state index is 12.8. The molecule has 0 atom stereocenters. The van der Waals surface area contributed by atoms with E-state index in [9.17, 15) is 4.39 Å². The minimum Gasteiger partial charge on any atom is -0.313 e. The molecule has 1 aromatic rings. The summed E-state index contributed by atoms with van der Waals surface area (Å²) in [5.74, 6) is 2.19. The van der Waals surface area contributed by atoms with Crippen LogP contribution < -0.4 is 5.32 Å². The predicted octanol–water partition coefficient (Wildman–Crippen LogP) is 2.98.